The summed E-state index contributed by atoms with van der Waals surface area (Å²) >= 11 is 0. The molecule has 0 unspecified atom stereocenters. The van der Waals surface area contributed by atoms with Crippen molar-refractivity contribution >= 4 is 24.0 Å². The fourth-order valence-corrected chi connectivity index (χ4v) is 7.30. The molecule has 7 heteroatoms. The molecule has 0 aliphatic heterocycles. The fourth-order valence-electron chi connectivity index (χ4n) is 7.30. The topological polar surface area (TPSA) is 101 Å². The van der Waals surface area contributed by atoms with Crippen molar-refractivity contribution in [1.82, 2.24) is 0 Å². The zero-order valence-corrected chi connectivity index (χ0v) is 18.0. The van der Waals surface area contributed by atoms with Crippen molar-refractivity contribution in [3.63, 3.8) is 0 Å². The highest BCUT2D eigenvalue weighted by Crippen LogP contribution is 2.70. The maximum Gasteiger partial charge on any atom is 0.178 e. The van der Waals surface area contributed by atoms with Crippen LogP contribution in [0, 0.1) is 28.6 Å². The SMILES string of the molecule is C[C@@H]1C[C@H]2[C@@H]3CCC4=CC(=O)C=C[C@]4(C)[C@@]3(F)[C@@H](O)C[C@]2(C)[C@@]1(O)C(=O)CN.Cl. The number of carbonyl (C=O) groups is 2. The molecule has 0 saturated heterocycles. The van der Waals surface area contributed by atoms with Crippen molar-refractivity contribution in [3.8, 4) is 0 Å². The average Bonchev–Trinajstić information content (AvgIpc) is 2.84. The van der Waals surface area contributed by atoms with Gasteiger partial charge in [0.05, 0.1) is 12.6 Å². The van der Waals surface area contributed by atoms with Crippen LogP contribution in [0.15, 0.2) is 23.8 Å². The van der Waals surface area contributed by atoms with E-state index in [1.165, 1.54) is 12.2 Å². The molecule has 4 rings (SSSR count). The van der Waals surface area contributed by atoms with Gasteiger partial charge >= 0.3 is 0 Å². The molecule has 4 N–H and O–H groups in total. The molecule has 29 heavy (non-hydrogen) atoms. The molecule has 4 aliphatic carbocycles. The van der Waals surface area contributed by atoms with Crippen LogP contribution >= 0.6 is 12.4 Å². The van der Waals surface area contributed by atoms with Crippen molar-refractivity contribution in [2.45, 2.75) is 63.8 Å². The highest BCUT2D eigenvalue weighted by molar-refractivity contribution is 6.01. The molecule has 3 saturated carbocycles. The number of alkyl halides is 1. The van der Waals surface area contributed by atoms with Crippen molar-refractivity contribution in [1.29, 1.82) is 0 Å². The molecule has 4 aliphatic rings. The van der Waals surface area contributed by atoms with E-state index in [2.05, 4.69) is 0 Å². The molecule has 162 valence electrons. The first-order chi connectivity index (χ1) is 13.0. The third-order valence-electron chi connectivity index (χ3n) is 8.83. The van der Waals surface area contributed by atoms with Gasteiger partial charge in [-0.3, -0.25) is 9.59 Å². The molecule has 5 nitrogen and oxygen atoms in total. The minimum atomic E-state index is -1.95. The summed E-state index contributed by atoms with van der Waals surface area (Å²) in [5, 5.41) is 22.6. The lowest BCUT2D eigenvalue weighted by molar-refractivity contribution is -0.218. The van der Waals surface area contributed by atoms with E-state index in [0.29, 0.717) is 19.3 Å². The summed E-state index contributed by atoms with van der Waals surface area (Å²) in [5.74, 6) is -1.71. The lowest BCUT2D eigenvalue weighted by Gasteiger charge is -2.62. The first-order valence-electron chi connectivity index (χ1n) is 10.2. The second-order valence-corrected chi connectivity index (χ2v) is 9.80. The van der Waals surface area contributed by atoms with Gasteiger partial charge in [0, 0.05) is 16.7 Å². The number of aliphatic hydroxyl groups excluding tert-OH is 1. The first-order valence-corrected chi connectivity index (χ1v) is 10.2. The minimum absolute atomic E-state index is 0. The van der Waals surface area contributed by atoms with Gasteiger partial charge in [0.25, 0.3) is 0 Å². The quantitative estimate of drug-likeness (QED) is 0.627. The zero-order chi connectivity index (χ0) is 20.7. The Hall–Kier alpha value is -1.08. The normalized spacial score (nSPS) is 50.7. The second kappa shape index (κ2) is 6.71. The summed E-state index contributed by atoms with van der Waals surface area (Å²) in [5.41, 5.74) is 0.711. The van der Waals surface area contributed by atoms with Gasteiger partial charge in [0.2, 0.25) is 0 Å². The van der Waals surface area contributed by atoms with E-state index in [0.717, 1.165) is 5.57 Å². The van der Waals surface area contributed by atoms with E-state index in [9.17, 15) is 19.8 Å². The van der Waals surface area contributed by atoms with Crippen LogP contribution in [0.25, 0.3) is 0 Å². The van der Waals surface area contributed by atoms with Gasteiger partial charge in [-0.05, 0) is 56.6 Å². The van der Waals surface area contributed by atoms with Gasteiger partial charge in [0.1, 0.15) is 5.60 Å². The number of hydrogen-bond donors (Lipinski definition) is 3. The molecule has 3 fully saturated rings. The number of ketones is 2. The van der Waals surface area contributed by atoms with Crippen LogP contribution in [0.2, 0.25) is 0 Å². The van der Waals surface area contributed by atoms with Crippen molar-refractivity contribution in [2.75, 3.05) is 6.54 Å². The number of fused-ring (bicyclic) bond motifs is 5. The molecule has 0 radical (unpaired) electrons. The Morgan fingerprint density at radius 3 is 2.62 bits per heavy atom. The van der Waals surface area contributed by atoms with Crippen LogP contribution in [0.1, 0.15) is 46.5 Å². The summed E-state index contributed by atoms with van der Waals surface area (Å²) in [6, 6.07) is 0. The van der Waals surface area contributed by atoms with Crippen molar-refractivity contribution in [2.24, 2.45) is 34.3 Å². The van der Waals surface area contributed by atoms with E-state index < -0.39 is 39.9 Å². The predicted octanol–water partition coefficient (Wildman–Crippen LogP) is 2.28. The number of rotatable bonds is 2. The minimum Gasteiger partial charge on any atom is -0.390 e. The van der Waals surface area contributed by atoms with Gasteiger partial charge in [-0.15, -0.1) is 12.4 Å². The molecule has 0 heterocycles. The lowest BCUT2D eigenvalue weighted by atomic mass is 9.44. The number of nitrogens with two attached hydrogens (primary N) is 1. The third kappa shape index (κ3) is 2.43. The van der Waals surface area contributed by atoms with Gasteiger partial charge < -0.3 is 15.9 Å². The van der Waals surface area contributed by atoms with Crippen LogP contribution in [0.3, 0.4) is 0 Å². The maximum absolute atomic E-state index is 16.9. The van der Waals surface area contributed by atoms with E-state index in [1.54, 1.807) is 13.0 Å². The molecule has 0 bridgehead atoms. The maximum atomic E-state index is 16.9. The first kappa shape index (κ1) is 22.6. The number of allylic oxidation sites excluding steroid dienone is 4. The summed E-state index contributed by atoms with van der Waals surface area (Å²) < 4.78 is 16.9. The number of halogens is 2. The number of hydrogen-bond acceptors (Lipinski definition) is 5. The standard InChI is InChI=1S/C22H30FNO4.ClH/c1-12-8-16-15-5-4-13-9-14(25)6-7-19(13,2)21(15,23)17(26)10-20(16,3)22(12,28)18(27)11-24;/h6-7,9,12,15-17,26,28H,4-5,8,10-11,24H2,1-3H3;1H/t12-,15+,16+,17+,19+,20+,21+,22+;/m1./s1. The van der Waals surface area contributed by atoms with Gasteiger partial charge in [-0.25, -0.2) is 4.39 Å². The molecule has 0 aromatic rings. The molecule has 8 atom stereocenters. The van der Waals surface area contributed by atoms with E-state index in [-0.39, 0.29) is 43.0 Å². The number of carbonyl (C=O) groups excluding carboxylic acids is 2. The highest BCUT2D eigenvalue weighted by atomic mass is 35.5. The van der Waals surface area contributed by atoms with Crippen LogP contribution in [0.4, 0.5) is 4.39 Å². The van der Waals surface area contributed by atoms with Crippen LogP contribution in [-0.2, 0) is 9.59 Å². The van der Waals surface area contributed by atoms with Crippen LogP contribution in [-0.4, -0.2) is 45.7 Å². The van der Waals surface area contributed by atoms with Gasteiger partial charge in [-0.2, -0.15) is 0 Å². The van der Waals surface area contributed by atoms with E-state index in [4.69, 9.17) is 5.73 Å². The molecule has 0 aromatic carbocycles. The van der Waals surface area contributed by atoms with E-state index >= 15 is 4.39 Å². The smallest absolute Gasteiger partial charge is 0.178 e. The summed E-state index contributed by atoms with van der Waals surface area (Å²) in [6.07, 6.45) is 4.70. The van der Waals surface area contributed by atoms with Crippen LogP contribution in [0.5, 0.6) is 0 Å². The Bertz CT molecular complexity index is 815. The Labute approximate surface area is 177 Å². The molecular formula is C22H31ClFNO4. The number of aliphatic hydroxyl groups is 2. The van der Waals surface area contributed by atoms with Crippen molar-refractivity contribution < 1.29 is 24.2 Å². The van der Waals surface area contributed by atoms with Crippen LogP contribution < -0.4 is 5.73 Å². The monoisotopic (exact) mass is 427 g/mol. The molecule has 0 aromatic heterocycles. The van der Waals surface area contributed by atoms with Gasteiger partial charge in [-0.1, -0.05) is 25.5 Å². The third-order valence-corrected chi connectivity index (χ3v) is 8.83. The zero-order valence-electron chi connectivity index (χ0n) is 17.2. The molecule has 0 spiro atoms. The Morgan fingerprint density at radius 2 is 2.00 bits per heavy atom. The highest BCUT2D eigenvalue weighted by Gasteiger charge is 2.75. The summed E-state index contributed by atoms with van der Waals surface area (Å²) in [6.45, 7) is 5.11. The molecule has 0 amide bonds. The van der Waals surface area contributed by atoms with Crippen molar-refractivity contribution in [3.05, 3.63) is 23.8 Å². The Morgan fingerprint density at radius 1 is 1.34 bits per heavy atom. The Balaban J connectivity index is 0.00000240. The van der Waals surface area contributed by atoms with Gasteiger partial charge in [0.15, 0.2) is 17.2 Å². The fraction of sp³-hybridized carbons (Fsp3) is 0.727. The summed E-state index contributed by atoms with van der Waals surface area (Å²) in [4.78, 5) is 24.5. The second-order valence-electron chi connectivity index (χ2n) is 9.80. The molecular weight excluding hydrogens is 397 g/mol. The number of Topliss-reactive ketones (excluding diaryl/α,β-unsaturated/α-hetero) is 1. The predicted molar refractivity (Wildman–Crippen MR) is 109 cm³/mol. The van der Waals surface area contributed by atoms with E-state index in [1.807, 2.05) is 13.8 Å². The average molecular weight is 428 g/mol. The Kier molecular flexibility index (Phi) is 5.23. The largest absolute Gasteiger partial charge is 0.390 e. The lowest BCUT2D eigenvalue weighted by Crippen LogP contribution is -2.69. The summed E-state index contributed by atoms with van der Waals surface area (Å²) in [7, 11) is 0.